The third-order valence-corrected chi connectivity index (χ3v) is 4.95. The molecule has 1 saturated heterocycles. The van der Waals surface area contributed by atoms with E-state index in [0.717, 1.165) is 30.9 Å². The zero-order valence-electron chi connectivity index (χ0n) is 14.7. The summed E-state index contributed by atoms with van der Waals surface area (Å²) in [7, 11) is 0. The number of nitrogens with zero attached hydrogens (tertiary/aromatic N) is 2. The number of carbonyl (C=O) groups is 1. The highest BCUT2D eigenvalue weighted by Crippen LogP contribution is 2.34. The number of carbonyl (C=O) groups excluding carboxylic acids is 1. The molecule has 0 radical (unpaired) electrons. The van der Waals surface area contributed by atoms with Crippen LogP contribution in [0.15, 0.2) is 65.8 Å². The fraction of sp³-hybridized carbons (Fsp3) is 0.333. The van der Waals surface area contributed by atoms with Crippen LogP contribution in [-0.4, -0.2) is 31.4 Å². The number of rotatable bonds is 5. The number of amides is 1. The van der Waals surface area contributed by atoms with Crippen LogP contribution in [0.5, 0.6) is 0 Å². The maximum atomic E-state index is 12.6. The lowest BCUT2D eigenvalue weighted by Gasteiger charge is -2.23. The van der Waals surface area contributed by atoms with Crippen molar-refractivity contribution >= 4 is 17.3 Å². The molecule has 134 valence electrons. The molecule has 5 nitrogen and oxygen atoms in total. The molecule has 4 rings (SSSR count). The van der Waals surface area contributed by atoms with Gasteiger partial charge in [-0.25, -0.2) is 0 Å². The minimum atomic E-state index is -0.0729. The van der Waals surface area contributed by atoms with Crippen LogP contribution in [0.3, 0.4) is 0 Å². The number of hydrazone groups is 1. The van der Waals surface area contributed by atoms with Gasteiger partial charge >= 0.3 is 0 Å². The third kappa shape index (κ3) is 3.63. The normalized spacial score (nSPS) is 22.3. The van der Waals surface area contributed by atoms with Crippen LogP contribution in [0.25, 0.3) is 0 Å². The molecule has 0 saturated carbocycles. The van der Waals surface area contributed by atoms with Crippen molar-refractivity contribution in [1.82, 2.24) is 5.32 Å². The minimum absolute atomic E-state index is 0.0363. The monoisotopic (exact) mass is 349 g/mol. The van der Waals surface area contributed by atoms with Crippen LogP contribution < -0.4 is 10.3 Å². The third-order valence-electron chi connectivity index (χ3n) is 4.95. The molecule has 1 fully saturated rings. The van der Waals surface area contributed by atoms with E-state index < -0.39 is 0 Å². The first-order valence-electron chi connectivity index (χ1n) is 9.14. The summed E-state index contributed by atoms with van der Waals surface area (Å²) in [4.78, 5) is 12.6. The molecule has 2 aromatic rings. The molecule has 0 unspecified atom stereocenters. The number of para-hydroxylation sites is 1. The van der Waals surface area contributed by atoms with E-state index in [1.165, 1.54) is 0 Å². The van der Waals surface area contributed by atoms with Crippen molar-refractivity contribution in [1.29, 1.82) is 0 Å². The molecular formula is C21H23N3O2. The maximum absolute atomic E-state index is 12.6. The summed E-state index contributed by atoms with van der Waals surface area (Å²) in [5.41, 5.74) is 2.74. The Hall–Kier alpha value is -2.66. The lowest BCUT2D eigenvalue weighted by atomic mass is 10.0. The van der Waals surface area contributed by atoms with Gasteiger partial charge < -0.3 is 10.1 Å². The highest BCUT2D eigenvalue weighted by molar-refractivity contribution is 6.39. The summed E-state index contributed by atoms with van der Waals surface area (Å²) in [5.74, 6) is 0.340. The minimum Gasteiger partial charge on any atom is -0.381 e. The molecule has 0 bridgehead atoms. The van der Waals surface area contributed by atoms with Crippen molar-refractivity contribution in [2.45, 2.75) is 18.9 Å². The van der Waals surface area contributed by atoms with Crippen molar-refractivity contribution in [3.63, 3.8) is 0 Å². The van der Waals surface area contributed by atoms with Gasteiger partial charge in [-0.2, -0.15) is 5.10 Å². The second kappa shape index (κ2) is 7.70. The molecule has 1 N–H and O–H groups in total. The first kappa shape index (κ1) is 16.8. The van der Waals surface area contributed by atoms with Gasteiger partial charge in [-0.15, -0.1) is 0 Å². The SMILES string of the molecule is O=C(NC[C@H]1CCOC1)C1=NN(c2ccccc2)[C@H](c2ccccc2)C1. The average molecular weight is 349 g/mol. The molecule has 0 aliphatic carbocycles. The number of benzene rings is 2. The summed E-state index contributed by atoms with van der Waals surface area (Å²) < 4.78 is 5.37. The fourth-order valence-electron chi connectivity index (χ4n) is 3.48. The molecule has 26 heavy (non-hydrogen) atoms. The first-order valence-corrected chi connectivity index (χ1v) is 9.14. The van der Waals surface area contributed by atoms with Gasteiger partial charge in [0.25, 0.3) is 5.91 Å². The van der Waals surface area contributed by atoms with E-state index in [1.54, 1.807) is 0 Å². The van der Waals surface area contributed by atoms with Crippen molar-refractivity contribution in [2.24, 2.45) is 11.0 Å². The number of anilines is 1. The number of hydrogen-bond donors (Lipinski definition) is 1. The van der Waals surface area contributed by atoms with Gasteiger partial charge in [-0.05, 0) is 24.1 Å². The lowest BCUT2D eigenvalue weighted by Crippen LogP contribution is -2.34. The van der Waals surface area contributed by atoms with Gasteiger partial charge in [0, 0.05) is 25.5 Å². The standard InChI is InChI=1S/C21H23N3O2/c25-21(22-14-16-11-12-26-15-16)19-13-20(17-7-3-1-4-8-17)24(23-19)18-9-5-2-6-10-18/h1-10,16,20H,11-15H2,(H,22,25)/t16-,20+/m1/s1. The largest absolute Gasteiger partial charge is 0.381 e. The van der Waals surface area contributed by atoms with E-state index in [0.29, 0.717) is 24.6 Å². The molecule has 2 aromatic carbocycles. The summed E-state index contributed by atoms with van der Waals surface area (Å²) in [6, 6.07) is 20.3. The summed E-state index contributed by atoms with van der Waals surface area (Å²) in [5, 5.41) is 9.66. The Morgan fingerprint density at radius 1 is 1.12 bits per heavy atom. The maximum Gasteiger partial charge on any atom is 0.267 e. The van der Waals surface area contributed by atoms with Crippen LogP contribution in [-0.2, 0) is 9.53 Å². The zero-order chi connectivity index (χ0) is 17.8. The number of nitrogens with one attached hydrogen (secondary N) is 1. The Balaban J connectivity index is 1.52. The van der Waals surface area contributed by atoms with Crippen LogP contribution >= 0.6 is 0 Å². The van der Waals surface area contributed by atoms with Crippen molar-refractivity contribution in [3.05, 3.63) is 66.2 Å². The molecule has 2 aliphatic heterocycles. The Kier molecular flexibility index (Phi) is 4.97. The predicted molar refractivity (Wildman–Crippen MR) is 102 cm³/mol. The molecule has 5 heteroatoms. The fourth-order valence-corrected chi connectivity index (χ4v) is 3.48. The molecule has 2 aliphatic rings. The first-order chi connectivity index (χ1) is 12.8. The quantitative estimate of drug-likeness (QED) is 0.902. The molecule has 2 heterocycles. The van der Waals surface area contributed by atoms with Crippen molar-refractivity contribution in [3.8, 4) is 0 Å². The zero-order valence-corrected chi connectivity index (χ0v) is 14.7. The van der Waals surface area contributed by atoms with Crippen LogP contribution in [0, 0.1) is 5.92 Å². The van der Waals surface area contributed by atoms with E-state index in [4.69, 9.17) is 4.74 Å². The number of hydrogen-bond acceptors (Lipinski definition) is 4. The summed E-state index contributed by atoms with van der Waals surface area (Å²) >= 11 is 0. The highest BCUT2D eigenvalue weighted by Gasteiger charge is 2.32. The average Bonchev–Trinajstić information content (AvgIpc) is 3.37. The van der Waals surface area contributed by atoms with Crippen LogP contribution in [0.2, 0.25) is 0 Å². The topological polar surface area (TPSA) is 53.9 Å². The van der Waals surface area contributed by atoms with Gasteiger partial charge in [0.1, 0.15) is 5.71 Å². The van der Waals surface area contributed by atoms with E-state index in [1.807, 2.05) is 53.5 Å². The Morgan fingerprint density at radius 2 is 1.85 bits per heavy atom. The number of ether oxygens (including phenoxy) is 1. The van der Waals surface area contributed by atoms with Crippen LogP contribution in [0.1, 0.15) is 24.4 Å². The Labute approximate surface area is 153 Å². The Bertz CT molecular complexity index is 770. The van der Waals surface area contributed by atoms with Gasteiger partial charge in [-0.1, -0.05) is 48.5 Å². The van der Waals surface area contributed by atoms with Crippen molar-refractivity contribution in [2.75, 3.05) is 24.8 Å². The van der Waals surface area contributed by atoms with Crippen molar-refractivity contribution < 1.29 is 9.53 Å². The van der Waals surface area contributed by atoms with Crippen LogP contribution in [0.4, 0.5) is 5.69 Å². The van der Waals surface area contributed by atoms with E-state index in [9.17, 15) is 4.79 Å². The van der Waals surface area contributed by atoms with Gasteiger partial charge in [0.2, 0.25) is 0 Å². The molecular weight excluding hydrogens is 326 g/mol. The Morgan fingerprint density at radius 3 is 2.54 bits per heavy atom. The second-order valence-electron chi connectivity index (χ2n) is 6.80. The van der Waals surface area contributed by atoms with E-state index in [-0.39, 0.29) is 11.9 Å². The summed E-state index contributed by atoms with van der Waals surface area (Å²) in [6.07, 6.45) is 1.61. The summed E-state index contributed by atoms with van der Waals surface area (Å²) in [6.45, 7) is 2.17. The van der Waals surface area contributed by atoms with E-state index in [2.05, 4.69) is 22.6 Å². The second-order valence-corrected chi connectivity index (χ2v) is 6.80. The van der Waals surface area contributed by atoms with Gasteiger partial charge in [0.05, 0.1) is 18.3 Å². The van der Waals surface area contributed by atoms with Gasteiger partial charge in [0.15, 0.2) is 0 Å². The molecule has 0 aromatic heterocycles. The van der Waals surface area contributed by atoms with E-state index >= 15 is 0 Å². The molecule has 2 atom stereocenters. The molecule has 1 amide bonds. The highest BCUT2D eigenvalue weighted by atomic mass is 16.5. The smallest absolute Gasteiger partial charge is 0.267 e. The van der Waals surface area contributed by atoms with Gasteiger partial charge in [-0.3, -0.25) is 9.80 Å². The molecule has 0 spiro atoms. The lowest BCUT2D eigenvalue weighted by molar-refractivity contribution is -0.115. The predicted octanol–water partition coefficient (Wildman–Crippen LogP) is 3.15.